The summed E-state index contributed by atoms with van der Waals surface area (Å²) in [4.78, 5) is 0. The normalized spacial score (nSPS) is 27.3. The van der Waals surface area contributed by atoms with Crippen LogP contribution in [0.5, 0.6) is 0 Å². The van der Waals surface area contributed by atoms with Gasteiger partial charge in [0, 0.05) is 10.2 Å². The molecular formula is C18H25NS. The van der Waals surface area contributed by atoms with Crippen LogP contribution in [0.15, 0.2) is 29.6 Å². The molecule has 3 rings (SSSR count). The van der Waals surface area contributed by atoms with Gasteiger partial charge in [0.05, 0.1) is 0 Å². The number of rotatable bonds is 3. The summed E-state index contributed by atoms with van der Waals surface area (Å²) in [6.07, 6.45) is 6.01. The molecule has 1 aromatic carbocycles. The molecule has 2 aromatic rings. The molecule has 1 heterocycles. The van der Waals surface area contributed by atoms with Crippen molar-refractivity contribution >= 4 is 21.4 Å². The first-order chi connectivity index (χ1) is 9.57. The third-order valence-electron chi connectivity index (χ3n) is 5.07. The fourth-order valence-corrected chi connectivity index (χ4v) is 4.57. The van der Waals surface area contributed by atoms with Gasteiger partial charge in [-0.2, -0.15) is 0 Å². The van der Waals surface area contributed by atoms with Crippen molar-refractivity contribution in [3.05, 3.63) is 35.2 Å². The van der Waals surface area contributed by atoms with E-state index in [0.717, 1.165) is 18.3 Å². The maximum absolute atomic E-state index is 6.71. The SMILES string of the molecule is CC(C)C1CCC(N)(Cc2csc3ccccc23)CC1. The van der Waals surface area contributed by atoms with Crippen LogP contribution in [-0.2, 0) is 6.42 Å². The lowest BCUT2D eigenvalue weighted by Gasteiger charge is -2.38. The molecule has 0 radical (unpaired) electrons. The van der Waals surface area contributed by atoms with Crippen LogP contribution in [0.4, 0.5) is 0 Å². The fraction of sp³-hybridized carbons (Fsp3) is 0.556. The average molecular weight is 287 g/mol. The molecule has 108 valence electrons. The van der Waals surface area contributed by atoms with Gasteiger partial charge < -0.3 is 5.73 Å². The van der Waals surface area contributed by atoms with Gasteiger partial charge in [0.1, 0.15) is 0 Å². The van der Waals surface area contributed by atoms with Crippen molar-refractivity contribution in [1.82, 2.24) is 0 Å². The standard InChI is InChI=1S/C18H25NS/c1-13(2)14-7-9-18(19,10-8-14)11-15-12-20-17-6-4-3-5-16(15)17/h3-6,12-14H,7-11,19H2,1-2H3. The van der Waals surface area contributed by atoms with Crippen LogP contribution in [0.25, 0.3) is 10.1 Å². The summed E-state index contributed by atoms with van der Waals surface area (Å²) in [6.45, 7) is 4.70. The van der Waals surface area contributed by atoms with E-state index in [4.69, 9.17) is 5.73 Å². The predicted molar refractivity (Wildman–Crippen MR) is 89.2 cm³/mol. The summed E-state index contributed by atoms with van der Waals surface area (Å²) in [5.74, 6) is 1.69. The molecule has 0 amide bonds. The number of nitrogens with two attached hydrogens (primary N) is 1. The Kier molecular flexibility index (Phi) is 3.87. The minimum Gasteiger partial charge on any atom is -0.325 e. The second-order valence-corrected chi connectivity index (χ2v) is 7.79. The summed E-state index contributed by atoms with van der Waals surface area (Å²) in [7, 11) is 0. The van der Waals surface area contributed by atoms with Crippen molar-refractivity contribution in [2.75, 3.05) is 0 Å². The predicted octanol–water partition coefficient (Wildman–Crippen LogP) is 4.99. The third kappa shape index (κ3) is 2.77. The monoisotopic (exact) mass is 287 g/mol. The second kappa shape index (κ2) is 5.50. The zero-order valence-electron chi connectivity index (χ0n) is 12.6. The van der Waals surface area contributed by atoms with Crippen LogP contribution in [0.3, 0.4) is 0 Å². The first-order valence-electron chi connectivity index (χ1n) is 7.81. The van der Waals surface area contributed by atoms with Crippen molar-refractivity contribution in [2.45, 2.75) is 51.5 Å². The maximum atomic E-state index is 6.71. The summed E-state index contributed by atoms with van der Waals surface area (Å²) < 4.78 is 1.39. The van der Waals surface area contributed by atoms with Crippen molar-refractivity contribution in [3.63, 3.8) is 0 Å². The summed E-state index contributed by atoms with van der Waals surface area (Å²) >= 11 is 1.85. The van der Waals surface area contributed by atoms with Gasteiger partial charge in [-0.05, 0) is 66.3 Å². The van der Waals surface area contributed by atoms with Crippen LogP contribution in [-0.4, -0.2) is 5.54 Å². The molecule has 1 nitrogen and oxygen atoms in total. The van der Waals surface area contributed by atoms with Crippen LogP contribution in [0.1, 0.15) is 45.1 Å². The molecule has 0 aliphatic heterocycles. The van der Waals surface area contributed by atoms with Gasteiger partial charge in [-0.25, -0.2) is 0 Å². The molecule has 20 heavy (non-hydrogen) atoms. The van der Waals surface area contributed by atoms with Crippen LogP contribution in [0, 0.1) is 11.8 Å². The molecule has 0 unspecified atom stereocenters. The van der Waals surface area contributed by atoms with E-state index in [1.54, 1.807) is 0 Å². The topological polar surface area (TPSA) is 26.0 Å². The zero-order chi connectivity index (χ0) is 14.2. The van der Waals surface area contributed by atoms with E-state index in [2.05, 4.69) is 43.5 Å². The maximum Gasteiger partial charge on any atom is 0.0345 e. The molecular weight excluding hydrogens is 262 g/mol. The van der Waals surface area contributed by atoms with Gasteiger partial charge >= 0.3 is 0 Å². The highest BCUT2D eigenvalue weighted by molar-refractivity contribution is 7.17. The van der Waals surface area contributed by atoms with Crippen molar-refractivity contribution in [3.8, 4) is 0 Å². The summed E-state index contributed by atoms with van der Waals surface area (Å²) in [5.41, 5.74) is 8.19. The first kappa shape index (κ1) is 14.1. The van der Waals surface area contributed by atoms with Gasteiger partial charge in [0.25, 0.3) is 0 Å². The minimum absolute atomic E-state index is 0.0231. The largest absolute Gasteiger partial charge is 0.325 e. The highest BCUT2D eigenvalue weighted by atomic mass is 32.1. The van der Waals surface area contributed by atoms with E-state index in [-0.39, 0.29) is 5.54 Å². The van der Waals surface area contributed by atoms with Crippen molar-refractivity contribution in [1.29, 1.82) is 0 Å². The summed E-state index contributed by atoms with van der Waals surface area (Å²) in [6, 6.07) is 8.71. The average Bonchev–Trinajstić information content (AvgIpc) is 2.82. The van der Waals surface area contributed by atoms with E-state index in [0.29, 0.717) is 0 Å². The Hall–Kier alpha value is -0.860. The Labute approximate surface area is 126 Å². The smallest absolute Gasteiger partial charge is 0.0345 e. The van der Waals surface area contributed by atoms with Crippen molar-refractivity contribution < 1.29 is 0 Å². The molecule has 1 aromatic heterocycles. The lowest BCUT2D eigenvalue weighted by Crippen LogP contribution is -2.45. The fourth-order valence-electron chi connectivity index (χ4n) is 3.61. The Morgan fingerprint density at radius 1 is 1.25 bits per heavy atom. The van der Waals surface area contributed by atoms with Gasteiger partial charge in [0.15, 0.2) is 0 Å². The van der Waals surface area contributed by atoms with Crippen LogP contribution in [0.2, 0.25) is 0 Å². The third-order valence-corrected chi connectivity index (χ3v) is 6.08. The lowest BCUT2D eigenvalue weighted by molar-refractivity contribution is 0.195. The highest BCUT2D eigenvalue weighted by Crippen LogP contribution is 2.38. The first-order valence-corrected chi connectivity index (χ1v) is 8.69. The Morgan fingerprint density at radius 2 is 1.95 bits per heavy atom. The molecule has 1 aliphatic rings. The number of fused-ring (bicyclic) bond motifs is 1. The molecule has 0 bridgehead atoms. The minimum atomic E-state index is 0.0231. The molecule has 0 spiro atoms. The number of thiophene rings is 1. The molecule has 0 saturated heterocycles. The molecule has 0 atom stereocenters. The van der Waals surface area contributed by atoms with Gasteiger partial charge in [0.2, 0.25) is 0 Å². The Morgan fingerprint density at radius 3 is 2.65 bits per heavy atom. The summed E-state index contributed by atoms with van der Waals surface area (Å²) in [5, 5.41) is 3.72. The van der Waals surface area contributed by atoms with E-state index >= 15 is 0 Å². The van der Waals surface area contributed by atoms with Gasteiger partial charge in [-0.1, -0.05) is 32.0 Å². The van der Waals surface area contributed by atoms with E-state index in [9.17, 15) is 0 Å². The van der Waals surface area contributed by atoms with Crippen molar-refractivity contribution in [2.24, 2.45) is 17.6 Å². The number of hydrogen-bond acceptors (Lipinski definition) is 2. The van der Waals surface area contributed by atoms with E-state index < -0.39 is 0 Å². The number of benzene rings is 1. The second-order valence-electron chi connectivity index (χ2n) is 6.88. The quantitative estimate of drug-likeness (QED) is 0.845. The molecule has 2 N–H and O–H groups in total. The molecule has 1 fully saturated rings. The van der Waals surface area contributed by atoms with E-state index in [1.165, 1.54) is 41.3 Å². The zero-order valence-corrected chi connectivity index (χ0v) is 13.4. The molecule has 1 saturated carbocycles. The highest BCUT2D eigenvalue weighted by Gasteiger charge is 2.33. The van der Waals surface area contributed by atoms with Gasteiger partial charge in [-0.15, -0.1) is 11.3 Å². The molecule has 2 heteroatoms. The van der Waals surface area contributed by atoms with E-state index in [1.807, 2.05) is 11.3 Å². The van der Waals surface area contributed by atoms with Gasteiger partial charge in [-0.3, -0.25) is 0 Å². The van der Waals surface area contributed by atoms with Crippen LogP contribution >= 0.6 is 11.3 Å². The number of hydrogen-bond donors (Lipinski definition) is 1. The van der Waals surface area contributed by atoms with Crippen LogP contribution < -0.4 is 5.73 Å². The Balaban J connectivity index is 1.74. The molecule has 1 aliphatic carbocycles. The Bertz CT molecular complexity index is 576. The lowest BCUT2D eigenvalue weighted by atomic mass is 9.71.